The maximum Gasteiger partial charge on any atom is 0.128 e. The first-order chi connectivity index (χ1) is 6.65. The van der Waals surface area contributed by atoms with E-state index in [1.54, 1.807) is 18.2 Å². The van der Waals surface area contributed by atoms with Crippen LogP contribution in [0, 0.1) is 5.41 Å². The monoisotopic (exact) mass is 208 g/mol. The molecule has 0 fully saturated rings. The summed E-state index contributed by atoms with van der Waals surface area (Å²) in [5.74, 6) is 0.474. The molecule has 1 aromatic rings. The highest BCUT2D eigenvalue weighted by molar-refractivity contribution is 6.30. The van der Waals surface area contributed by atoms with Crippen LogP contribution in [0.15, 0.2) is 36.9 Å². The lowest BCUT2D eigenvalue weighted by atomic mass is 10.2. The van der Waals surface area contributed by atoms with E-state index in [0.717, 1.165) is 5.56 Å². The molecule has 14 heavy (non-hydrogen) atoms. The molecule has 3 heteroatoms. The lowest BCUT2D eigenvalue weighted by Crippen LogP contribution is -2.26. The van der Waals surface area contributed by atoms with Gasteiger partial charge in [-0.15, -0.1) is 6.58 Å². The van der Waals surface area contributed by atoms with Crippen molar-refractivity contribution in [1.29, 1.82) is 5.41 Å². The van der Waals surface area contributed by atoms with Crippen LogP contribution in [0.1, 0.15) is 5.56 Å². The van der Waals surface area contributed by atoms with E-state index < -0.39 is 0 Å². The second-order valence-electron chi connectivity index (χ2n) is 3.02. The number of hydrogen-bond acceptors (Lipinski definition) is 1. The standard InChI is InChI=1S/C11H13ClN2/c1-3-8-14(2)11(13)9-4-6-10(12)7-5-9/h3-7,13H,1,8H2,2H3. The molecule has 1 N–H and O–H groups in total. The van der Waals surface area contributed by atoms with Gasteiger partial charge in [0.05, 0.1) is 0 Å². The summed E-state index contributed by atoms with van der Waals surface area (Å²) in [5, 5.41) is 8.53. The SMILES string of the molecule is C=CCN(C)C(=N)c1ccc(Cl)cc1. The highest BCUT2D eigenvalue weighted by atomic mass is 35.5. The summed E-state index contributed by atoms with van der Waals surface area (Å²) in [6, 6.07) is 7.24. The summed E-state index contributed by atoms with van der Waals surface area (Å²) in [6.07, 6.45) is 1.77. The Bertz CT molecular complexity index is 330. The molecule has 0 aliphatic carbocycles. The predicted octanol–water partition coefficient (Wildman–Crippen LogP) is 2.78. The van der Waals surface area contributed by atoms with Crippen molar-refractivity contribution in [3.8, 4) is 0 Å². The van der Waals surface area contributed by atoms with E-state index in [2.05, 4.69) is 6.58 Å². The third-order valence-corrected chi connectivity index (χ3v) is 2.15. The van der Waals surface area contributed by atoms with Crippen LogP contribution in [0.4, 0.5) is 0 Å². The summed E-state index contributed by atoms with van der Waals surface area (Å²) in [5.41, 5.74) is 0.860. The molecule has 0 aliphatic rings. The van der Waals surface area contributed by atoms with Gasteiger partial charge >= 0.3 is 0 Å². The molecule has 0 radical (unpaired) electrons. The third kappa shape index (κ3) is 2.60. The lowest BCUT2D eigenvalue weighted by molar-refractivity contribution is 0.561. The molecular formula is C11H13ClN2. The number of likely N-dealkylation sites (N-methyl/N-ethyl adjacent to an activating group) is 1. The highest BCUT2D eigenvalue weighted by Gasteiger charge is 2.04. The van der Waals surface area contributed by atoms with E-state index in [0.29, 0.717) is 17.4 Å². The zero-order valence-electron chi connectivity index (χ0n) is 8.13. The van der Waals surface area contributed by atoms with Gasteiger partial charge in [-0.1, -0.05) is 17.7 Å². The average Bonchev–Trinajstić information content (AvgIpc) is 2.18. The molecule has 0 atom stereocenters. The number of rotatable bonds is 3. The Morgan fingerprint density at radius 3 is 2.57 bits per heavy atom. The van der Waals surface area contributed by atoms with Crippen LogP contribution in [0.5, 0.6) is 0 Å². The van der Waals surface area contributed by atoms with Gasteiger partial charge in [0.2, 0.25) is 0 Å². The molecule has 0 aromatic heterocycles. The smallest absolute Gasteiger partial charge is 0.128 e. The minimum Gasteiger partial charge on any atom is -0.356 e. The van der Waals surface area contributed by atoms with Crippen LogP contribution < -0.4 is 0 Å². The second-order valence-corrected chi connectivity index (χ2v) is 3.46. The molecule has 74 valence electrons. The number of amidine groups is 1. The lowest BCUT2D eigenvalue weighted by Gasteiger charge is -2.17. The quantitative estimate of drug-likeness (QED) is 0.462. The Morgan fingerprint density at radius 1 is 1.50 bits per heavy atom. The molecule has 0 saturated carbocycles. The Labute approximate surface area is 89.3 Å². The van der Waals surface area contributed by atoms with Crippen molar-refractivity contribution in [2.45, 2.75) is 0 Å². The molecule has 0 saturated heterocycles. The van der Waals surface area contributed by atoms with E-state index in [1.165, 1.54) is 0 Å². The van der Waals surface area contributed by atoms with Crippen molar-refractivity contribution in [3.63, 3.8) is 0 Å². The third-order valence-electron chi connectivity index (χ3n) is 1.90. The summed E-state index contributed by atoms with van der Waals surface area (Å²) >= 11 is 5.76. The number of nitrogens with zero attached hydrogens (tertiary/aromatic N) is 1. The van der Waals surface area contributed by atoms with Gasteiger partial charge in [0, 0.05) is 24.2 Å². The van der Waals surface area contributed by atoms with Crippen molar-refractivity contribution in [3.05, 3.63) is 47.5 Å². The van der Waals surface area contributed by atoms with Gasteiger partial charge in [-0.05, 0) is 24.3 Å². The van der Waals surface area contributed by atoms with Gasteiger partial charge < -0.3 is 4.90 Å². The fourth-order valence-electron chi connectivity index (χ4n) is 1.11. The van der Waals surface area contributed by atoms with Crippen LogP contribution in [0.25, 0.3) is 0 Å². The summed E-state index contributed by atoms with van der Waals surface area (Å²) in [6.45, 7) is 4.30. The van der Waals surface area contributed by atoms with Crippen LogP contribution in [-0.2, 0) is 0 Å². The Balaban J connectivity index is 2.78. The van der Waals surface area contributed by atoms with Crippen LogP contribution >= 0.6 is 11.6 Å². The van der Waals surface area contributed by atoms with Crippen LogP contribution in [0.2, 0.25) is 5.02 Å². The molecule has 0 bridgehead atoms. The number of halogens is 1. The molecule has 0 unspecified atom stereocenters. The van der Waals surface area contributed by atoms with E-state index >= 15 is 0 Å². The fraction of sp³-hybridized carbons (Fsp3) is 0.182. The summed E-state index contributed by atoms with van der Waals surface area (Å²) in [4.78, 5) is 1.82. The van der Waals surface area contributed by atoms with Gasteiger partial charge in [0.25, 0.3) is 0 Å². The number of hydrogen-bond donors (Lipinski definition) is 1. The van der Waals surface area contributed by atoms with Crippen molar-refractivity contribution in [1.82, 2.24) is 4.90 Å². The zero-order valence-corrected chi connectivity index (χ0v) is 8.88. The molecule has 2 nitrogen and oxygen atoms in total. The molecule has 1 aromatic carbocycles. The van der Waals surface area contributed by atoms with Crippen molar-refractivity contribution < 1.29 is 0 Å². The van der Waals surface area contributed by atoms with Crippen molar-refractivity contribution >= 4 is 17.4 Å². The first-order valence-electron chi connectivity index (χ1n) is 4.31. The second kappa shape index (κ2) is 4.82. The van der Waals surface area contributed by atoms with E-state index in [-0.39, 0.29) is 0 Å². The number of benzene rings is 1. The highest BCUT2D eigenvalue weighted by Crippen LogP contribution is 2.10. The Hall–Kier alpha value is -1.28. The minimum atomic E-state index is 0.474. The first kappa shape index (κ1) is 10.8. The molecule has 0 heterocycles. The largest absolute Gasteiger partial charge is 0.356 e. The average molecular weight is 209 g/mol. The minimum absolute atomic E-state index is 0.474. The molecular weight excluding hydrogens is 196 g/mol. The Morgan fingerprint density at radius 2 is 2.07 bits per heavy atom. The fourth-order valence-corrected chi connectivity index (χ4v) is 1.24. The Kier molecular flexibility index (Phi) is 3.72. The van der Waals surface area contributed by atoms with Crippen molar-refractivity contribution in [2.24, 2.45) is 0 Å². The summed E-state index contributed by atoms with van der Waals surface area (Å²) < 4.78 is 0. The summed E-state index contributed by atoms with van der Waals surface area (Å²) in [7, 11) is 1.86. The predicted molar refractivity (Wildman–Crippen MR) is 61.1 cm³/mol. The molecule has 0 amide bonds. The molecule has 1 rings (SSSR count). The van der Waals surface area contributed by atoms with Crippen LogP contribution in [0.3, 0.4) is 0 Å². The normalized spacial score (nSPS) is 9.57. The maximum atomic E-state index is 7.84. The zero-order chi connectivity index (χ0) is 10.6. The topological polar surface area (TPSA) is 27.1 Å². The van der Waals surface area contributed by atoms with E-state index in [9.17, 15) is 0 Å². The molecule has 0 spiro atoms. The number of nitrogens with one attached hydrogen (secondary N) is 1. The maximum absolute atomic E-state index is 7.84. The van der Waals surface area contributed by atoms with Gasteiger partial charge in [-0.3, -0.25) is 5.41 Å². The van der Waals surface area contributed by atoms with Crippen molar-refractivity contribution in [2.75, 3.05) is 13.6 Å². The first-order valence-corrected chi connectivity index (χ1v) is 4.69. The van der Waals surface area contributed by atoms with Gasteiger partial charge in [-0.2, -0.15) is 0 Å². The van der Waals surface area contributed by atoms with Gasteiger partial charge in [-0.25, -0.2) is 0 Å². The van der Waals surface area contributed by atoms with E-state index in [4.69, 9.17) is 17.0 Å². The van der Waals surface area contributed by atoms with Gasteiger partial charge in [0.15, 0.2) is 0 Å². The van der Waals surface area contributed by atoms with Gasteiger partial charge in [0.1, 0.15) is 5.84 Å². The van der Waals surface area contributed by atoms with Crippen LogP contribution in [-0.4, -0.2) is 24.3 Å². The molecule has 0 aliphatic heterocycles. The van der Waals surface area contributed by atoms with E-state index in [1.807, 2.05) is 24.1 Å².